The molecule has 0 bridgehead atoms. The number of nitrogens with two attached hydrogens (primary N) is 1. The van der Waals surface area contributed by atoms with Crippen molar-refractivity contribution in [2.75, 3.05) is 6.54 Å². The smallest absolute Gasteiger partial charge is 0.338 e. The monoisotopic (exact) mass is 141 g/mol. The molecule has 4 nitrogen and oxygen atoms in total. The molecule has 0 spiro atoms. The Labute approximate surface area is 59.9 Å². The average molecular weight is 141 g/mol. The zero-order chi connectivity index (χ0) is 7.82. The van der Waals surface area contributed by atoms with E-state index in [2.05, 4.69) is 9.98 Å². The second-order valence-electron chi connectivity index (χ2n) is 1.61. The number of rotatable bonds is 3. The van der Waals surface area contributed by atoms with Gasteiger partial charge in [-0.15, -0.1) is 0 Å². The van der Waals surface area contributed by atoms with E-state index in [1.165, 1.54) is 6.21 Å². The minimum atomic E-state index is -0.674. The number of hydrogen-bond acceptors (Lipinski definition) is 2. The molecule has 10 heavy (non-hydrogen) atoms. The molecular weight excluding hydrogens is 130 g/mol. The number of amides is 2. The summed E-state index contributed by atoms with van der Waals surface area (Å²) in [4.78, 5) is 17.2. The summed E-state index contributed by atoms with van der Waals surface area (Å²) in [6.07, 6.45) is 4.03. The lowest BCUT2D eigenvalue weighted by atomic mass is 10.5. The molecule has 0 aliphatic heterocycles. The molecule has 0 unspecified atom stereocenters. The highest BCUT2D eigenvalue weighted by molar-refractivity contribution is 5.83. The van der Waals surface area contributed by atoms with Crippen LogP contribution in [0.4, 0.5) is 4.79 Å². The molecule has 0 saturated carbocycles. The third kappa shape index (κ3) is 6.81. The molecule has 0 aliphatic rings. The van der Waals surface area contributed by atoms with Crippen molar-refractivity contribution in [1.82, 2.24) is 0 Å². The number of carbonyl (C=O) groups is 1. The Kier molecular flexibility index (Phi) is 5.23. The van der Waals surface area contributed by atoms with Gasteiger partial charge in [-0.1, -0.05) is 6.92 Å². The van der Waals surface area contributed by atoms with Gasteiger partial charge in [0.15, 0.2) is 0 Å². The maximum Gasteiger partial charge on any atom is 0.338 e. The predicted octanol–water partition coefficient (Wildman–Crippen LogP) is 0.617. The Bertz CT molecular complexity index is 151. The van der Waals surface area contributed by atoms with Crippen molar-refractivity contribution < 1.29 is 4.79 Å². The van der Waals surface area contributed by atoms with E-state index in [9.17, 15) is 4.79 Å². The highest BCUT2D eigenvalue weighted by Gasteiger charge is 1.79. The molecule has 0 atom stereocenters. The molecule has 4 heteroatoms. The fraction of sp³-hybridized carbons (Fsp3) is 0.500. The van der Waals surface area contributed by atoms with Crippen LogP contribution >= 0.6 is 0 Å². The lowest BCUT2D eigenvalue weighted by molar-refractivity contribution is 0.257. The zero-order valence-corrected chi connectivity index (χ0v) is 5.95. The van der Waals surface area contributed by atoms with Gasteiger partial charge in [-0.25, -0.2) is 9.79 Å². The SMILES string of the molecule is CCC=NCC=NC(N)=O. The second-order valence-corrected chi connectivity index (χ2v) is 1.61. The summed E-state index contributed by atoms with van der Waals surface area (Å²) >= 11 is 0. The summed E-state index contributed by atoms with van der Waals surface area (Å²) in [5.74, 6) is 0. The molecule has 0 aliphatic carbocycles. The maximum absolute atomic E-state index is 10.0. The van der Waals surface area contributed by atoms with E-state index in [0.717, 1.165) is 6.42 Å². The summed E-state index contributed by atoms with van der Waals surface area (Å²) in [5.41, 5.74) is 4.72. The van der Waals surface area contributed by atoms with E-state index in [-0.39, 0.29) is 0 Å². The van der Waals surface area contributed by atoms with Gasteiger partial charge in [0.2, 0.25) is 0 Å². The van der Waals surface area contributed by atoms with Gasteiger partial charge in [0.1, 0.15) is 0 Å². The van der Waals surface area contributed by atoms with E-state index < -0.39 is 6.03 Å². The first-order valence-corrected chi connectivity index (χ1v) is 3.07. The topological polar surface area (TPSA) is 67.8 Å². The van der Waals surface area contributed by atoms with Crippen molar-refractivity contribution in [1.29, 1.82) is 0 Å². The van der Waals surface area contributed by atoms with E-state index in [0.29, 0.717) is 6.54 Å². The largest absolute Gasteiger partial charge is 0.350 e. The molecule has 0 radical (unpaired) electrons. The van der Waals surface area contributed by atoms with Gasteiger partial charge in [0, 0.05) is 6.21 Å². The van der Waals surface area contributed by atoms with Gasteiger partial charge in [0.25, 0.3) is 0 Å². The van der Waals surface area contributed by atoms with Crippen molar-refractivity contribution in [2.45, 2.75) is 13.3 Å². The van der Waals surface area contributed by atoms with Crippen LogP contribution in [0, 0.1) is 0 Å². The normalized spacial score (nSPS) is 11.3. The Morgan fingerprint density at radius 1 is 1.60 bits per heavy atom. The van der Waals surface area contributed by atoms with Crippen LogP contribution in [0.3, 0.4) is 0 Å². The van der Waals surface area contributed by atoms with Crippen LogP contribution < -0.4 is 5.73 Å². The summed E-state index contributed by atoms with van der Waals surface area (Å²) < 4.78 is 0. The number of hydrogen-bond donors (Lipinski definition) is 1. The first-order chi connectivity index (χ1) is 4.77. The second kappa shape index (κ2) is 5.94. The number of urea groups is 1. The molecule has 0 rings (SSSR count). The van der Waals surface area contributed by atoms with Gasteiger partial charge in [-0.3, -0.25) is 4.99 Å². The van der Waals surface area contributed by atoms with Crippen molar-refractivity contribution in [3.05, 3.63) is 0 Å². The van der Waals surface area contributed by atoms with Crippen LogP contribution in [0.1, 0.15) is 13.3 Å². The van der Waals surface area contributed by atoms with Gasteiger partial charge in [-0.05, 0) is 12.6 Å². The Hall–Kier alpha value is -1.19. The van der Waals surface area contributed by atoms with Gasteiger partial charge < -0.3 is 5.73 Å². The van der Waals surface area contributed by atoms with Crippen LogP contribution in [-0.2, 0) is 0 Å². The molecule has 0 fully saturated rings. The first-order valence-electron chi connectivity index (χ1n) is 3.07. The molecule has 56 valence electrons. The molecule has 0 aromatic carbocycles. The Morgan fingerprint density at radius 2 is 2.30 bits per heavy atom. The van der Waals surface area contributed by atoms with Crippen LogP contribution in [0.25, 0.3) is 0 Å². The van der Waals surface area contributed by atoms with Crippen molar-refractivity contribution in [2.24, 2.45) is 15.7 Å². The number of carbonyl (C=O) groups excluding carboxylic acids is 1. The summed E-state index contributed by atoms with van der Waals surface area (Å²) in [6, 6.07) is -0.674. The minimum absolute atomic E-state index is 0.427. The Morgan fingerprint density at radius 3 is 2.80 bits per heavy atom. The van der Waals surface area contributed by atoms with E-state index in [4.69, 9.17) is 5.73 Å². The molecule has 0 heterocycles. The molecule has 0 aromatic heterocycles. The fourth-order valence-corrected chi connectivity index (χ4v) is 0.382. The number of nitrogens with zero attached hydrogens (tertiary/aromatic N) is 2. The van der Waals surface area contributed by atoms with Crippen LogP contribution in [0.15, 0.2) is 9.98 Å². The van der Waals surface area contributed by atoms with E-state index in [1.54, 1.807) is 6.21 Å². The van der Waals surface area contributed by atoms with E-state index >= 15 is 0 Å². The predicted molar refractivity (Wildman–Crippen MR) is 41.7 cm³/mol. The molecule has 2 N–H and O–H groups in total. The van der Waals surface area contributed by atoms with Gasteiger partial charge in [-0.2, -0.15) is 0 Å². The minimum Gasteiger partial charge on any atom is -0.350 e. The average Bonchev–Trinajstić information content (AvgIpc) is 1.87. The molecule has 2 amide bonds. The standard InChI is InChI=1S/C6H11N3O/c1-2-3-8-4-5-9-6(7)10/h3,5H,2,4H2,1H3,(H2,7,10). The first kappa shape index (κ1) is 8.81. The van der Waals surface area contributed by atoms with Gasteiger partial charge >= 0.3 is 6.03 Å². The Balaban J connectivity index is 3.35. The lowest BCUT2D eigenvalue weighted by Crippen LogP contribution is -2.04. The third-order valence-electron chi connectivity index (χ3n) is 0.717. The zero-order valence-electron chi connectivity index (χ0n) is 5.95. The third-order valence-corrected chi connectivity index (χ3v) is 0.717. The quantitative estimate of drug-likeness (QED) is 0.575. The maximum atomic E-state index is 10.0. The van der Waals surface area contributed by atoms with Crippen molar-refractivity contribution in [3.8, 4) is 0 Å². The van der Waals surface area contributed by atoms with Crippen LogP contribution in [0.2, 0.25) is 0 Å². The molecular formula is C6H11N3O. The van der Waals surface area contributed by atoms with E-state index in [1.807, 2.05) is 6.92 Å². The number of primary amides is 1. The lowest BCUT2D eigenvalue weighted by Gasteiger charge is -1.80. The van der Waals surface area contributed by atoms with Crippen LogP contribution in [-0.4, -0.2) is 25.0 Å². The summed E-state index contributed by atoms with van der Waals surface area (Å²) in [6.45, 7) is 2.41. The van der Waals surface area contributed by atoms with Gasteiger partial charge in [0.05, 0.1) is 6.54 Å². The highest BCUT2D eigenvalue weighted by Crippen LogP contribution is 1.70. The number of aliphatic imine (C=N–C) groups is 2. The summed E-state index contributed by atoms with van der Waals surface area (Å²) in [7, 11) is 0. The highest BCUT2D eigenvalue weighted by atomic mass is 16.2. The van der Waals surface area contributed by atoms with Crippen molar-refractivity contribution in [3.63, 3.8) is 0 Å². The summed E-state index contributed by atoms with van der Waals surface area (Å²) in [5, 5.41) is 0. The molecule has 0 saturated heterocycles. The van der Waals surface area contributed by atoms with Crippen LogP contribution in [0.5, 0.6) is 0 Å². The molecule has 0 aromatic rings. The van der Waals surface area contributed by atoms with Crippen molar-refractivity contribution >= 4 is 18.5 Å². The fourth-order valence-electron chi connectivity index (χ4n) is 0.382.